The normalized spacial score (nSPS) is 11.8. The molecule has 0 radical (unpaired) electrons. The molecule has 0 unspecified atom stereocenters. The highest BCUT2D eigenvalue weighted by molar-refractivity contribution is 7.26. The fraction of sp³-hybridized carbons (Fsp3) is 0. The second-order valence-corrected chi connectivity index (χ2v) is 14.3. The number of hydrogen-bond acceptors (Lipinski definition) is 4. The Balaban J connectivity index is 0.997. The molecular formula is C47H28N4S. The Kier molecular flexibility index (Phi) is 6.39. The van der Waals surface area contributed by atoms with Crippen LogP contribution in [0.25, 0.3) is 103 Å². The highest BCUT2D eigenvalue weighted by atomic mass is 32.1. The highest BCUT2D eigenvalue weighted by Crippen LogP contribution is 2.43. The maximum Gasteiger partial charge on any atom is 0.161 e. The highest BCUT2D eigenvalue weighted by Gasteiger charge is 2.17. The molecular weight excluding hydrogens is 653 g/mol. The summed E-state index contributed by atoms with van der Waals surface area (Å²) in [4.78, 5) is 10.3. The van der Waals surface area contributed by atoms with Gasteiger partial charge in [-0.25, -0.2) is 14.5 Å². The van der Waals surface area contributed by atoms with E-state index in [-0.39, 0.29) is 0 Å². The van der Waals surface area contributed by atoms with E-state index in [1.165, 1.54) is 36.3 Å². The second kappa shape index (κ2) is 11.4. The van der Waals surface area contributed by atoms with Gasteiger partial charge in [0.25, 0.3) is 0 Å². The predicted molar refractivity (Wildman–Crippen MR) is 218 cm³/mol. The van der Waals surface area contributed by atoms with Crippen LogP contribution in [0.4, 0.5) is 0 Å². The van der Waals surface area contributed by atoms with E-state index in [1.807, 2.05) is 40.1 Å². The number of fused-ring (bicyclic) bond motifs is 10. The summed E-state index contributed by atoms with van der Waals surface area (Å²) < 4.78 is 4.60. The average Bonchev–Trinajstić information content (AvgIpc) is 3.84. The van der Waals surface area contributed by atoms with E-state index in [1.54, 1.807) is 0 Å². The van der Waals surface area contributed by atoms with Crippen molar-refractivity contribution in [2.24, 2.45) is 0 Å². The number of benzene rings is 7. The summed E-state index contributed by atoms with van der Waals surface area (Å²) in [5.41, 5.74) is 10.4. The third-order valence-electron chi connectivity index (χ3n) is 10.2. The first-order valence-corrected chi connectivity index (χ1v) is 18.3. The molecule has 5 heteroatoms. The number of nitrogens with zero attached hydrogens (tertiary/aromatic N) is 4. The molecule has 0 saturated heterocycles. The molecule has 0 spiro atoms. The van der Waals surface area contributed by atoms with Crippen molar-refractivity contribution in [2.45, 2.75) is 0 Å². The first kappa shape index (κ1) is 29.1. The fourth-order valence-electron chi connectivity index (χ4n) is 7.73. The van der Waals surface area contributed by atoms with Gasteiger partial charge in [0.2, 0.25) is 0 Å². The van der Waals surface area contributed by atoms with E-state index in [9.17, 15) is 0 Å². The van der Waals surface area contributed by atoms with Gasteiger partial charge in [0.1, 0.15) is 0 Å². The van der Waals surface area contributed by atoms with Gasteiger partial charge in [0, 0.05) is 58.4 Å². The molecule has 0 aliphatic rings. The van der Waals surface area contributed by atoms with Crippen LogP contribution in [-0.4, -0.2) is 19.6 Å². The van der Waals surface area contributed by atoms with Crippen LogP contribution >= 0.6 is 11.3 Å². The van der Waals surface area contributed by atoms with E-state index in [0.29, 0.717) is 0 Å². The summed E-state index contributed by atoms with van der Waals surface area (Å²) in [6.45, 7) is 0. The van der Waals surface area contributed by atoms with E-state index in [0.717, 1.165) is 67.0 Å². The summed E-state index contributed by atoms with van der Waals surface area (Å²) >= 11 is 1.86. The summed E-state index contributed by atoms with van der Waals surface area (Å²) in [5, 5.41) is 12.4. The van der Waals surface area contributed by atoms with Crippen LogP contribution in [0.5, 0.6) is 0 Å². The van der Waals surface area contributed by atoms with Crippen LogP contribution in [0.2, 0.25) is 0 Å². The Hall–Kier alpha value is -6.69. The number of hydrogen-bond donors (Lipinski definition) is 0. The van der Waals surface area contributed by atoms with Crippen molar-refractivity contribution in [3.63, 3.8) is 0 Å². The van der Waals surface area contributed by atoms with Gasteiger partial charge in [0.05, 0.1) is 27.9 Å². The second-order valence-electron chi connectivity index (χ2n) is 13.2. The van der Waals surface area contributed by atoms with E-state index in [4.69, 9.17) is 15.1 Å². The van der Waals surface area contributed by atoms with Gasteiger partial charge in [-0.3, -0.25) is 0 Å². The lowest BCUT2D eigenvalue weighted by Gasteiger charge is -2.12. The molecule has 11 rings (SSSR count). The Morgan fingerprint density at radius 2 is 1.02 bits per heavy atom. The fourth-order valence-corrected chi connectivity index (χ4v) is 8.84. The van der Waals surface area contributed by atoms with Crippen LogP contribution in [0.15, 0.2) is 170 Å². The standard InChI is InChI=1S/C47H28N4S/c1-2-10-31(11-3-1)40-28-41-34-12-4-7-15-38(34)49-47(51(41)50-40)33-24-20-30(21-25-33)29-18-22-32(23-19-29)46-37-26-27-43-45(36-14-6-9-17-42(36)52-43)44(37)35-13-5-8-16-39(35)48-46/h1-28H. The molecule has 0 atom stereocenters. The number of rotatable bonds is 4. The van der Waals surface area contributed by atoms with Gasteiger partial charge in [0.15, 0.2) is 5.82 Å². The SMILES string of the molecule is c1ccc(-c2cc3c4ccccc4nc(-c4ccc(-c5ccc(-c6nc7ccccc7c7c6ccc6sc8ccccc8c67)cc5)cc4)n3n2)cc1. The van der Waals surface area contributed by atoms with Crippen molar-refractivity contribution < 1.29 is 0 Å². The smallest absolute Gasteiger partial charge is 0.161 e. The zero-order chi connectivity index (χ0) is 34.2. The summed E-state index contributed by atoms with van der Waals surface area (Å²) in [7, 11) is 0. The molecule has 0 saturated carbocycles. The molecule has 0 aliphatic carbocycles. The van der Waals surface area contributed by atoms with Crippen molar-refractivity contribution >= 4 is 69.6 Å². The molecule has 7 aromatic carbocycles. The molecule has 0 fully saturated rings. The molecule has 11 aromatic rings. The van der Waals surface area contributed by atoms with Crippen LogP contribution in [0, 0.1) is 0 Å². The lowest BCUT2D eigenvalue weighted by Crippen LogP contribution is -1.99. The zero-order valence-corrected chi connectivity index (χ0v) is 28.7. The lowest BCUT2D eigenvalue weighted by atomic mass is 9.95. The number of aromatic nitrogens is 4. The molecule has 0 aliphatic heterocycles. The monoisotopic (exact) mass is 680 g/mol. The van der Waals surface area contributed by atoms with Gasteiger partial charge < -0.3 is 0 Å². The van der Waals surface area contributed by atoms with Gasteiger partial charge in [-0.2, -0.15) is 5.10 Å². The van der Waals surface area contributed by atoms with E-state index in [2.05, 4.69) is 146 Å². The maximum absolute atomic E-state index is 5.25. The van der Waals surface area contributed by atoms with Crippen LogP contribution in [-0.2, 0) is 0 Å². The van der Waals surface area contributed by atoms with Crippen LogP contribution in [0.1, 0.15) is 0 Å². The Bertz CT molecular complexity index is 3160. The molecule has 242 valence electrons. The van der Waals surface area contributed by atoms with Crippen LogP contribution < -0.4 is 0 Å². The third-order valence-corrected chi connectivity index (χ3v) is 11.4. The summed E-state index contributed by atoms with van der Waals surface area (Å²) in [6.07, 6.45) is 0. The summed E-state index contributed by atoms with van der Waals surface area (Å²) in [6, 6.07) is 60.0. The molecule has 0 amide bonds. The molecule has 0 bridgehead atoms. The van der Waals surface area contributed by atoms with Crippen molar-refractivity contribution in [1.29, 1.82) is 0 Å². The average molecular weight is 681 g/mol. The number of pyridine rings is 1. The van der Waals surface area contributed by atoms with Crippen molar-refractivity contribution in [3.05, 3.63) is 170 Å². The van der Waals surface area contributed by atoms with E-state index >= 15 is 0 Å². The Labute approximate surface area is 302 Å². The van der Waals surface area contributed by atoms with Gasteiger partial charge in [-0.05, 0) is 41.5 Å². The first-order valence-electron chi connectivity index (χ1n) is 17.4. The topological polar surface area (TPSA) is 43.1 Å². The molecule has 4 nitrogen and oxygen atoms in total. The minimum absolute atomic E-state index is 0.819. The first-order chi connectivity index (χ1) is 25.8. The molecule has 4 aromatic heterocycles. The predicted octanol–water partition coefficient (Wildman–Crippen LogP) is 12.6. The van der Waals surface area contributed by atoms with Crippen LogP contribution in [0.3, 0.4) is 0 Å². The maximum atomic E-state index is 5.25. The zero-order valence-electron chi connectivity index (χ0n) is 27.9. The molecule has 4 heterocycles. The number of thiophene rings is 1. The Morgan fingerprint density at radius 3 is 1.79 bits per heavy atom. The minimum atomic E-state index is 0.819. The summed E-state index contributed by atoms with van der Waals surface area (Å²) in [5.74, 6) is 0.819. The molecule has 0 N–H and O–H groups in total. The minimum Gasteiger partial charge on any atom is -0.247 e. The van der Waals surface area contributed by atoms with Gasteiger partial charge in [-0.15, -0.1) is 11.3 Å². The molecule has 52 heavy (non-hydrogen) atoms. The Morgan fingerprint density at radius 1 is 0.404 bits per heavy atom. The third kappa shape index (κ3) is 4.50. The van der Waals surface area contributed by atoms with Crippen molar-refractivity contribution in [3.8, 4) is 45.0 Å². The van der Waals surface area contributed by atoms with Gasteiger partial charge in [-0.1, -0.05) is 140 Å². The van der Waals surface area contributed by atoms with Gasteiger partial charge >= 0.3 is 0 Å². The van der Waals surface area contributed by atoms with Crippen molar-refractivity contribution in [1.82, 2.24) is 19.6 Å². The quantitative estimate of drug-likeness (QED) is 0.174. The lowest BCUT2D eigenvalue weighted by molar-refractivity contribution is 0.949. The van der Waals surface area contributed by atoms with Crippen molar-refractivity contribution in [2.75, 3.05) is 0 Å². The number of para-hydroxylation sites is 2. The van der Waals surface area contributed by atoms with E-state index < -0.39 is 0 Å². The largest absolute Gasteiger partial charge is 0.247 e.